The van der Waals surface area contributed by atoms with Gasteiger partial charge in [0.2, 0.25) is 5.91 Å². The molecule has 1 N–H and O–H groups in total. The maximum absolute atomic E-state index is 12.9. The van der Waals surface area contributed by atoms with Crippen LogP contribution in [0.1, 0.15) is 56.8 Å². The number of carbonyl (C=O) groups excluding carboxylic acids is 1. The van der Waals surface area contributed by atoms with Crippen molar-refractivity contribution in [1.29, 1.82) is 0 Å². The van der Waals surface area contributed by atoms with Crippen molar-refractivity contribution in [1.82, 2.24) is 25.1 Å². The molecule has 1 unspecified atom stereocenters. The van der Waals surface area contributed by atoms with E-state index in [4.69, 9.17) is 0 Å². The van der Waals surface area contributed by atoms with Gasteiger partial charge in [-0.2, -0.15) is 0 Å². The lowest BCUT2D eigenvalue weighted by atomic mass is 10.1. The van der Waals surface area contributed by atoms with E-state index in [0.717, 1.165) is 37.2 Å². The third-order valence-electron chi connectivity index (χ3n) is 5.12. The van der Waals surface area contributed by atoms with E-state index >= 15 is 0 Å². The maximum atomic E-state index is 12.9. The summed E-state index contributed by atoms with van der Waals surface area (Å²) in [5.41, 5.74) is 0.769. The Bertz CT molecular complexity index is 703. The molecule has 4 rings (SSSR count). The first-order valence-electron chi connectivity index (χ1n) is 8.98. The summed E-state index contributed by atoms with van der Waals surface area (Å²) in [5, 5.41) is 11.8. The molecule has 1 amide bonds. The lowest BCUT2D eigenvalue weighted by Crippen LogP contribution is -2.38. The SMILES string of the molecule is O=C(NC1CCCCCC1)C1CCc2nnc(-c3ccccn3)n21. The molecule has 3 heterocycles. The number of fused-ring (bicyclic) bond motifs is 1. The van der Waals surface area contributed by atoms with E-state index in [1.54, 1.807) is 6.20 Å². The van der Waals surface area contributed by atoms with Crippen molar-refractivity contribution < 1.29 is 4.79 Å². The largest absolute Gasteiger partial charge is 0.352 e. The molecule has 0 bridgehead atoms. The Kier molecular flexibility index (Phi) is 4.28. The molecule has 126 valence electrons. The molecule has 2 aromatic heterocycles. The molecular weight excluding hydrogens is 302 g/mol. The molecule has 24 heavy (non-hydrogen) atoms. The van der Waals surface area contributed by atoms with E-state index in [-0.39, 0.29) is 11.9 Å². The van der Waals surface area contributed by atoms with Crippen LogP contribution in [0.25, 0.3) is 11.5 Å². The number of rotatable bonds is 3. The highest BCUT2D eigenvalue weighted by Gasteiger charge is 2.33. The number of nitrogens with one attached hydrogen (secondary N) is 1. The van der Waals surface area contributed by atoms with Gasteiger partial charge in [0, 0.05) is 18.7 Å². The number of hydrogen-bond acceptors (Lipinski definition) is 4. The van der Waals surface area contributed by atoms with Crippen LogP contribution in [0.15, 0.2) is 24.4 Å². The minimum atomic E-state index is -0.213. The first kappa shape index (κ1) is 15.3. The number of amides is 1. The number of pyridine rings is 1. The molecule has 0 aromatic carbocycles. The summed E-state index contributed by atoms with van der Waals surface area (Å²) in [6.07, 6.45) is 10.5. The highest BCUT2D eigenvalue weighted by molar-refractivity contribution is 5.81. The lowest BCUT2D eigenvalue weighted by molar-refractivity contribution is -0.124. The molecule has 0 spiro atoms. The van der Waals surface area contributed by atoms with Crippen LogP contribution in [0.3, 0.4) is 0 Å². The van der Waals surface area contributed by atoms with Crippen LogP contribution in [0.4, 0.5) is 0 Å². The van der Waals surface area contributed by atoms with Crippen LogP contribution < -0.4 is 5.32 Å². The summed E-state index contributed by atoms with van der Waals surface area (Å²) in [6.45, 7) is 0. The van der Waals surface area contributed by atoms with Crippen molar-refractivity contribution in [3.63, 3.8) is 0 Å². The predicted molar refractivity (Wildman–Crippen MR) is 90.2 cm³/mol. The number of aryl methyl sites for hydroxylation is 1. The van der Waals surface area contributed by atoms with E-state index in [0.29, 0.717) is 11.9 Å². The lowest BCUT2D eigenvalue weighted by Gasteiger charge is -2.20. The summed E-state index contributed by atoms with van der Waals surface area (Å²) in [4.78, 5) is 17.2. The van der Waals surface area contributed by atoms with Gasteiger partial charge >= 0.3 is 0 Å². The molecule has 1 saturated carbocycles. The zero-order chi connectivity index (χ0) is 16.4. The second-order valence-electron chi connectivity index (χ2n) is 6.78. The average Bonchev–Trinajstić information content (AvgIpc) is 3.11. The van der Waals surface area contributed by atoms with E-state index in [9.17, 15) is 4.79 Å². The van der Waals surface area contributed by atoms with Gasteiger partial charge in [-0.1, -0.05) is 31.7 Å². The normalized spacial score (nSPS) is 21.2. The first-order chi connectivity index (χ1) is 11.8. The summed E-state index contributed by atoms with van der Waals surface area (Å²) < 4.78 is 1.98. The maximum Gasteiger partial charge on any atom is 0.243 e. The van der Waals surface area contributed by atoms with Gasteiger partial charge in [-0.15, -0.1) is 10.2 Å². The smallest absolute Gasteiger partial charge is 0.243 e. The summed E-state index contributed by atoms with van der Waals surface area (Å²) in [5.74, 6) is 1.69. The highest BCUT2D eigenvalue weighted by Crippen LogP contribution is 2.30. The monoisotopic (exact) mass is 325 g/mol. The van der Waals surface area contributed by atoms with Gasteiger partial charge in [0.15, 0.2) is 5.82 Å². The molecule has 6 heteroatoms. The van der Waals surface area contributed by atoms with Crippen molar-refractivity contribution in [2.75, 3.05) is 0 Å². The molecule has 2 aliphatic rings. The third kappa shape index (κ3) is 2.92. The standard InChI is InChI=1S/C18H23N5O/c24-18(20-13-7-3-1-2-4-8-13)15-10-11-16-21-22-17(23(15)16)14-9-5-6-12-19-14/h5-6,9,12-13,15H,1-4,7-8,10-11H2,(H,20,24). The van der Waals surface area contributed by atoms with Crippen LogP contribution in [0, 0.1) is 0 Å². The van der Waals surface area contributed by atoms with Crippen LogP contribution >= 0.6 is 0 Å². The number of hydrogen-bond donors (Lipinski definition) is 1. The number of carbonyl (C=O) groups is 1. The molecule has 1 fully saturated rings. The fraction of sp³-hybridized carbons (Fsp3) is 0.556. The van der Waals surface area contributed by atoms with Gasteiger partial charge in [-0.3, -0.25) is 14.3 Å². The number of aromatic nitrogens is 4. The Labute approximate surface area is 141 Å². The second kappa shape index (κ2) is 6.71. The minimum absolute atomic E-state index is 0.109. The molecule has 1 atom stereocenters. The van der Waals surface area contributed by atoms with Crippen molar-refractivity contribution in [2.45, 2.75) is 63.5 Å². The third-order valence-corrected chi connectivity index (χ3v) is 5.12. The fourth-order valence-electron chi connectivity index (χ4n) is 3.86. The molecule has 6 nitrogen and oxygen atoms in total. The van der Waals surface area contributed by atoms with E-state index in [1.807, 2.05) is 22.8 Å². The van der Waals surface area contributed by atoms with Gasteiger partial charge in [0.25, 0.3) is 0 Å². The van der Waals surface area contributed by atoms with Gasteiger partial charge in [0.05, 0.1) is 0 Å². The average molecular weight is 325 g/mol. The van der Waals surface area contributed by atoms with Gasteiger partial charge in [-0.05, 0) is 31.4 Å². The Balaban J connectivity index is 1.55. The predicted octanol–water partition coefficient (Wildman–Crippen LogP) is 2.67. The molecule has 2 aromatic rings. The van der Waals surface area contributed by atoms with Crippen LogP contribution in [0.5, 0.6) is 0 Å². The Morgan fingerprint density at radius 3 is 2.67 bits per heavy atom. The van der Waals surface area contributed by atoms with Gasteiger partial charge < -0.3 is 5.32 Å². The van der Waals surface area contributed by atoms with Crippen molar-refractivity contribution in [3.05, 3.63) is 30.2 Å². The van der Waals surface area contributed by atoms with Gasteiger partial charge in [-0.25, -0.2) is 0 Å². The molecular formula is C18H23N5O. The van der Waals surface area contributed by atoms with Gasteiger partial charge in [0.1, 0.15) is 17.6 Å². The highest BCUT2D eigenvalue weighted by atomic mass is 16.2. The van der Waals surface area contributed by atoms with Crippen molar-refractivity contribution in [3.8, 4) is 11.5 Å². The van der Waals surface area contributed by atoms with Crippen molar-refractivity contribution in [2.24, 2.45) is 0 Å². The zero-order valence-electron chi connectivity index (χ0n) is 13.8. The Hall–Kier alpha value is -2.24. The second-order valence-corrected chi connectivity index (χ2v) is 6.78. The molecule has 1 aliphatic carbocycles. The van der Waals surface area contributed by atoms with E-state index in [2.05, 4.69) is 20.5 Å². The minimum Gasteiger partial charge on any atom is -0.352 e. The molecule has 1 aliphatic heterocycles. The molecule has 0 radical (unpaired) electrons. The topological polar surface area (TPSA) is 72.7 Å². The van der Waals surface area contributed by atoms with E-state index < -0.39 is 0 Å². The number of nitrogens with zero attached hydrogens (tertiary/aromatic N) is 4. The van der Waals surface area contributed by atoms with Crippen LogP contribution in [0.2, 0.25) is 0 Å². The Morgan fingerprint density at radius 1 is 1.08 bits per heavy atom. The fourth-order valence-corrected chi connectivity index (χ4v) is 3.86. The summed E-state index contributed by atoms with van der Waals surface area (Å²) in [6, 6.07) is 5.82. The van der Waals surface area contributed by atoms with Crippen LogP contribution in [-0.4, -0.2) is 31.7 Å². The zero-order valence-corrected chi connectivity index (χ0v) is 13.8. The van der Waals surface area contributed by atoms with Crippen LogP contribution in [-0.2, 0) is 11.2 Å². The van der Waals surface area contributed by atoms with E-state index in [1.165, 1.54) is 25.7 Å². The summed E-state index contributed by atoms with van der Waals surface area (Å²) >= 11 is 0. The van der Waals surface area contributed by atoms with Crippen molar-refractivity contribution >= 4 is 5.91 Å². The molecule has 0 saturated heterocycles. The first-order valence-corrected chi connectivity index (χ1v) is 8.98. The summed E-state index contributed by atoms with van der Waals surface area (Å²) in [7, 11) is 0. The quantitative estimate of drug-likeness (QED) is 0.881. The Morgan fingerprint density at radius 2 is 1.92 bits per heavy atom.